The highest BCUT2D eigenvalue weighted by molar-refractivity contribution is 5.70. The van der Waals surface area contributed by atoms with Crippen LogP contribution in [-0.2, 0) is 17.6 Å². The van der Waals surface area contributed by atoms with Gasteiger partial charge in [0.15, 0.2) is 0 Å². The second kappa shape index (κ2) is 11.3. The molecule has 1 saturated heterocycles. The molecule has 0 unspecified atom stereocenters. The zero-order valence-corrected chi connectivity index (χ0v) is 20.7. The van der Waals surface area contributed by atoms with Crippen molar-refractivity contribution in [2.45, 2.75) is 26.2 Å². The van der Waals surface area contributed by atoms with Crippen LogP contribution in [0.5, 0.6) is 0 Å². The van der Waals surface area contributed by atoms with Crippen LogP contribution in [0.3, 0.4) is 0 Å². The van der Waals surface area contributed by atoms with E-state index in [4.69, 9.17) is 9.72 Å². The summed E-state index contributed by atoms with van der Waals surface area (Å²) >= 11 is 0. The van der Waals surface area contributed by atoms with Crippen molar-refractivity contribution in [3.63, 3.8) is 0 Å². The van der Waals surface area contributed by atoms with Gasteiger partial charge in [0, 0.05) is 38.2 Å². The molecule has 0 bridgehead atoms. The number of nitrogens with one attached hydrogen (secondary N) is 1. The first-order valence-corrected chi connectivity index (χ1v) is 12.6. The lowest BCUT2D eigenvalue weighted by Crippen LogP contribution is -2.39. The number of ether oxygens (including phenoxy) is 1. The van der Waals surface area contributed by atoms with Gasteiger partial charge in [-0.2, -0.15) is 20.3 Å². The Morgan fingerprint density at radius 1 is 1.08 bits per heavy atom. The van der Waals surface area contributed by atoms with Crippen LogP contribution >= 0.6 is 0 Å². The molecule has 4 aromatic rings. The maximum atomic E-state index is 9.48. The van der Waals surface area contributed by atoms with E-state index in [1.54, 1.807) is 6.33 Å². The van der Waals surface area contributed by atoms with Crippen LogP contribution in [0.15, 0.2) is 54.9 Å². The predicted molar refractivity (Wildman–Crippen MR) is 140 cm³/mol. The molecule has 1 aliphatic heterocycles. The zero-order valence-electron chi connectivity index (χ0n) is 20.7. The number of anilines is 1. The molecule has 3 heterocycles. The Bertz CT molecular complexity index is 1350. The molecule has 1 aliphatic rings. The van der Waals surface area contributed by atoms with E-state index in [-0.39, 0.29) is 0 Å². The number of nitrogens with zero attached hydrogens (tertiary/aromatic N) is 6. The van der Waals surface area contributed by atoms with Gasteiger partial charge in [-0.05, 0) is 29.2 Å². The van der Waals surface area contributed by atoms with Crippen molar-refractivity contribution < 1.29 is 4.74 Å². The molecule has 8 heteroatoms. The Hall–Kier alpha value is -3.80. The molecule has 1 fully saturated rings. The van der Waals surface area contributed by atoms with Gasteiger partial charge in [0.2, 0.25) is 0 Å². The number of hydrogen-bond donors (Lipinski definition) is 1. The van der Waals surface area contributed by atoms with Gasteiger partial charge < -0.3 is 10.1 Å². The molecule has 2 aromatic heterocycles. The molecule has 184 valence electrons. The number of fused-ring (bicyclic) bond motifs is 1. The fourth-order valence-corrected chi connectivity index (χ4v) is 4.76. The zero-order chi connectivity index (χ0) is 24.7. The third-order valence-corrected chi connectivity index (χ3v) is 6.64. The van der Waals surface area contributed by atoms with E-state index in [0.29, 0.717) is 11.3 Å². The fourth-order valence-electron chi connectivity index (χ4n) is 4.76. The van der Waals surface area contributed by atoms with Crippen molar-refractivity contribution in [3.05, 3.63) is 77.2 Å². The van der Waals surface area contributed by atoms with Crippen molar-refractivity contribution in [2.75, 3.05) is 44.7 Å². The van der Waals surface area contributed by atoms with Gasteiger partial charge in [0.1, 0.15) is 12.1 Å². The highest BCUT2D eigenvalue weighted by Crippen LogP contribution is 2.27. The Morgan fingerprint density at radius 3 is 2.67 bits per heavy atom. The van der Waals surface area contributed by atoms with Crippen molar-refractivity contribution in [1.29, 1.82) is 5.26 Å². The third-order valence-electron chi connectivity index (χ3n) is 6.64. The summed E-state index contributed by atoms with van der Waals surface area (Å²) < 4.78 is 7.35. The molecule has 0 amide bonds. The third kappa shape index (κ3) is 5.23. The lowest BCUT2D eigenvalue weighted by molar-refractivity contribution is 0.0398. The van der Waals surface area contributed by atoms with Gasteiger partial charge in [-0.1, -0.05) is 55.8 Å². The average molecular weight is 482 g/mol. The smallest absolute Gasteiger partial charge is 0.254 e. The largest absolute Gasteiger partial charge is 0.379 e. The van der Waals surface area contributed by atoms with Crippen molar-refractivity contribution in [1.82, 2.24) is 24.5 Å². The summed E-state index contributed by atoms with van der Waals surface area (Å²) in [5.74, 6) is 1.51. The molecule has 5 rings (SSSR count). The first-order chi connectivity index (χ1) is 17.8. The first-order valence-electron chi connectivity index (χ1n) is 12.6. The molecule has 8 nitrogen and oxygen atoms in total. The number of morpholine rings is 1. The Balaban J connectivity index is 1.43. The molecule has 0 atom stereocenters. The number of hydrogen-bond acceptors (Lipinski definition) is 7. The van der Waals surface area contributed by atoms with E-state index in [9.17, 15) is 5.26 Å². The summed E-state index contributed by atoms with van der Waals surface area (Å²) in [5.41, 5.74) is 6.16. The summed E-state index contributed by atoms with van der Waals surface area (Å²) in [6.07, 6.45) is 4.20. The SMILES string of the molecule is CCCc1c(Cc2ccc(-c3ccccc3C#N)cc2)c(NCCN2CCOCC2)nc2ncnn12. The molecule has 0 aliphatic carbocycles. The highest BCUT2D eigenvalue weighted by atomic mass is 16.5. The maximum Gasteiger partial charge on any atom is 0.254 e. The van der Waals surface area contributed by atoms with Crippen LogP contribution in [-0.4, -0.2) is 63.9 Å². The van der Waals surface area contributed by atoms with Gasteiger partial charge in [-0.3, -0.25) is 4.90 Å². The van der Waals surface area contributed by atoms with Gasteiger partial charge in [-0.15, -0.1) is 0 Å². The maximum absolute atomic E-state index is 9.48. The molecular formula is C28H31N7O. The van der Waals surface area contributed by atoms with Gasteiger partial charge in [0.25, 0.3) is 5.78 Å². The standard InChI is InChI=1S/C28H31N7O/c1-2-5-26-25(18-21-8-10-22(11-9-21)24-7-4-3-6-23(24)19-29)27(33-28-31-20-32-35(26)28)30-12-13-34-14-16-36-17-15-34/h3-4,6-11,20H,2,5,12-18H2,1H3,(H,30,31,32,33). The van der Waals surface area contributed by atoms with E-state index in [0.717, 1.165) is 86.9 Å². The number of aryl methyl sites for hydroxylation is 1. The van der Waals surface area contributed by atoms with E-state index >= 15 is 0 Å². The number of rotatable bonds is 9. The van der Waals surface area contributed by atoms with Crippen LogP contribution in [0.25, 0.3) is 16.9 Å². The van der Waals surface area contributed by atoms with Crippen LogP contribution in [0, 0.1) is 11.3 Å². The Kier molecular flexibility index (Phi) is 7.50. The van der Waals surface area contributed by atoms with Crippen molar-refractivity contribution in [2.24, 2.45) is 0 Å². The topological polar surface area (TPSA) is 91.4 Å². The molecular weight excluding hydrogens is 450 g/mol. The normalized spacial score (nSPS) is 14.1. The molecule has 36 heavy (non-hydrogen) atoms. The van der Waals surface area contributed by atoms with E-state index < -0.39 is 0 Å². The molecule has 0 saturated carbocycles. The second-order valence-corrected chi connectivity index (χ2v) is 9.02. The van der Waals surface area contributed by atoms with Gasteiger partial charge in [-0.25, -0.2) is 4.52 Å². The fraction of sp³-hybridized carbons (Fsp3) is 0.357. The summed E-state index contributed by atoms with van der Waals surface area (Å²) in [7, 11) is 0. The predicted octanol–water partition coefficient (Wildman–Crippen LogP) is 3.95. The van der Waals surface area contributed by atoms with Crippen LogP contribution < -0.4 is 5.32 Å². The van der Waals surface area contributed by atoms with E-state index in [1.165, 1.54) is 5.56 Å². The summed E-state index contributed by atoms with van der Waals surface area (Å²) in [5, 5.41) is 17.6. The summed E-state index contributed by atoms with van der Waals surface area (Å²) in [4.78, 5) is 11.6. The monoisotopic (exact) mass is 481 g/mol. The molecule has 0 spiro atoms. The summed E-state index contributed by atoms with van der Waals surface area (Å²) in [6.45, 7) is 7.45. The van der Waals surface area contributed by atoms with Crippen LogP contribution in [0.4, 0.5) is 5.82 Å². The second-order valence-electron chi connectivity index (χ2n) is 9.02. The van der Waals surface area contributed by atoms with Crippen LogP contribution in [0.1, 0.15) is 35.7 Å². The van der Waals surface area contributed by atoms with Crippen molar-refractivity contribution >= 4 is 11.6 Å². The number of aromatic nitrogens is 4. The van der Waals surface area contributed by atoms with E-state index in [2.05, 4.69) is 57.6 Å². The minimum absolute atomic E-state index is 0.625. The first kappa shape index (κ1) is 23.9. The average Bonchev–Trinajstić information content (AvgIpc) is 3.40. The van der Waals surface area contributed by atoms with Crippen molar-refractivity contribution in [3.8, 4) is 17.2 Å². The van der Waals surface area contributed by atoms with Crippen LogP contribution in [0.2, 0.25) is 0 Å². The minimum Gasteiger partial charge on any atom is -0.379 e. The lowest BCUT2D eigenvalue weighted by Gasteiger charge is -2.26. The summed E-state index contributed by atoms with van der Waals surface area (Å²) in [6, 6.07) is 18.5. The molecule has 1 N–H and O–H groups in total. The highest BCUT2D eigenvalue weighted by Gasteiger charge is 2.18. The number of benzene rings is 2. The minimum atomic E-state index is 0.625. The van der Waals surface area contributed by atoms with Gasteiger partial charge in [0.05, 0.1) is 30.5 Å². The molecule has 0 radical (unpaired) electrons. The van der Waals surface area contributed by atoms with Gasteiger partial charge >= 0.3 is 0 Å². The van der Waals surface area contributed by atoms with E-state index in [1.807, 2.05) is 28.8 Å². The lowest BCUT2D eigenvalue weighted by atomic mass is 9.96. The Labute approximate surface area is 211 Å². The quantitative estimate of drug-likeness (QED) is 0.387. The Morgan fingerprint density at radius 2 is 1.89 bits per heavy atom. The number of nitriles is 1. The molecule has 2 aromatic carbocycles.